The highest BCUT2D eigenvalue weighted by Gasteiger charge is 2.23. The van der Waals surface area contributed by atoms with E-state index in [0.717, 1.165) is 3.97 Å². The van der Waals surface area contributed by atoms with Crippen molar-refractivity contribution >= 4 is 10.0 Å². The molecule has 0 unspecified atom stereocenters. The molecule has 0 aliphatic heterocycles. The molecule has 1 heterocycles. The van der Waals surface area contributed by atoms with Crippen LogP contribution in [0.3, 0.4) is 0 Å². The van der Waals surface area contributed by atoms with Crippen LogP contribution in [0.4, 0.5) is 4.39 Å². The smallest absolute Gasteiger partial charge is 0.268 e. The van der Waals surface area contributed by atoms with Gasteiger partial charge < -0.3 is 10.4 Å². The highest BCUT2D eigenvalue weighted by molar-refractivity contribution is 7.90. The molecule has 0 fully saturated rings. The zero-order valence-corrected chi connectivity index (χ0v) is 17.8. The van der Waals surface area contributed by atoms with Gasteiger partial charge in [0, 0.05) is 23.9 Å². The zero-order valence-electron chi connectivity index (χ0n) is 17.0. The summed E-state index contributed by atoms with van der Waals surface area (Å²) in [6.07, 6.45) is 1.49. The largest absolute Gasteiger partial charge is 0.378 e. The molecule has 0 amide bonds. The number of nitrogens with zero attached hydrogens (tertiary/aromatic N) is 1. The molecule has 156 valence electrons. The molecule has 3 rings (SSSR count). The van der Waals surface area contributed by atoms with Crippen molar-refractivity contribution in [3.63, 3.8) is 0 Å². The van der Waals surface area contributed by atoms with Crippen LogP contribution >= 0.6 is 0 Å². The lowest BCUT2D eigenvalue weighted by molar-refractivity contribution is 0.143. The van der Waals surface area contributed by atoms with Gasteiger partial charge in [-0.1, -0.05) is 30.0 Å². The van der Waals surface area contributed by atoms with Gasteiger partial charge in [-0.3, -0.25) is 0 Å². The fourth-order valence-corrected chi connectivity index (χ4v) is 4.37. The molecule has 0 bridgehead atoms. The highest BCUT2D eigenvalue weighted by atomic mass is 32.2. The molecular weight excluding hydrogens is 403 g/mol. The molecule has 1 aromatic heterocycles. The molecule has 0 aliphatic rings. The van der Waals surface area contributed by atoms with Gasteiger partial charge in [0.2, 0.25) is 0 Å². The third kappa shape index (κ3) is 4.79. The van der Waals surface area contributed by atoms with E-state index < -0.39 is 21.4 Å². The Morgan fingerprint density at radius 2 is 1.87 bits per heavy atom. The van der Waals surface area contributed by atoms with Crippen molar-refractivity contribution in [2.24, 2.45) is 0 Å². The summed E-state index contributed by atoms with van der Waals surface area (Å²) in [6, 6.07) is 13.9. The van der Waals surface area contributed by atoms with Gasteiger partial charge in [-0.05, 0) is 62.9 Å². The predicted octanol–water partition coefficient (Wildman–Crippen LogP) is 3.37. The van der Waals surface area contributed by atoms with Crippen LogP contribution < -0.4 is 5.32 Å². The number of rotatable bonds is 5. The number of halogens is 1. The van der Waals surface area contributed by atoms with Crippen molar-refractivity contribution in [2.75, 3.05) is 7.05 Å². The Morgan fingerprint density at radius 3 is 2.53 bits per heavy atom. The Kier molecular flexibility index (Phi) is 6.13. The van der Waals surface area contributed by atoms with E-state index in [9.17, 15) is 17.9 Å². The van der Waals surface area contributed by atoms with Crippen LogP contribution in [0.1, 0.15) is 25.0 Å². The predicted molar refractivity (Wildman–Crippen MR) is 115 cm³/mol. The van der Waals surface area contributed by atoms with Crippen molar-refractivity contribution in [3.05, 3.63) is 77.7 Å². The van der Waals surface area contributed by atoms with E-state index in [1.54, 1.807) is 57.3 Å². The number of aliphatic hydroxyl groups is 1. The molecule has 0 saturated heterocycles. The zero-order chi connectivity index (χ0) is 21.9. The maximum absolute atomic E-state index is 14.5. The topological polar surface area (TPSA) is 71.3 Å². The molecule has 0 saturated carbocycles. The van der Waals surface area contributed by atoms with E-state index in [1.807, 2.05) is 0 Å². The number of nitrogens with one attached hydrogen (secondary N) is 1. The molecule has 0 aliphatic carbocycles. The quantitative estimate of drug-likeness (QED) is 0.614. The van der Waals surface area contributed by atoms with Gasteiger partial charge in [-0.2, -0.15) is 0 Å². The van der Waals surface area contributed by atoms with Crippen LogP contribution in [0.5, 0.6) is 0 Å². The summed E-state index contributed by atoms with van der Waals surface area (Å²) in [5.41, 5.74) is 0.397. The molecule has 0 atom stereocenters. The van der Waals surface area contributed by atoms with Crippen molar-refractivity contribution in [2.45, 2.75) is 30.9 Å². The lowest BCUT2D eigenvalue weighted by atomic mass is 10.1. The maximum Gasteiger partial charge on any atom is 0.268 e. The Bertz CT molecular complexity index is 1230. The lowest BCUT2D eigenvalue weighted by Crippen LogP contribution is -2.15. The van der Waals surface area contributed by atoms with Crippen molar-refractivity contribution in [3.8, 4) is 23.1 Å². The first-order valence-electron chi connectivity index (χ1n) is 9.34. The molecule has 0 spiro atoms. The fourth-order valence-electron chi connectivity index (χ4n) is 2.93. The summed E-state index contributed by atoms with van der Waals surface area (Å²) in [4.78, 5) is 0.0224. The third-order valence-corrected chi connectivity index (χ3v) is 5.95. The molecule has 3 aromatic rings. The van der Waals surface area contributed by atoms with Gasteiger partial charge in [0.15, 0.2) is 0 Å². The van der Waals surface area contributed by atoms with Crippen LogP contribution in [-0.4, -0.2) is 30.1 Å². The summed E-state index contributed by atoms with van der Waals surface area (Å²) < 4.78 is 42.4. The summed E-state index contributed by atoms with van der Waals surface area (Å²) in [6.45, 7) is 3.52. The van der Waals surface area contributed by atoms with E-state index in [-0.39, 0.29) is 16.2 Å². The van der Waals surface area contributed by atoms with Crippen molar-refractivity contribution < 1.29 is 17.9 Å². The number of aromatic nitrogens is 1. The second-order valence-corrected chi connectivity index (χ2v) is 9.20. The number of hydrogen-bond donors (Lipinski definition) is 2. The van der Waals surface area contributed by atoms with E-state index in [1.165, 1.54) is 24.4 Å². The monoisotopic (exact) mass is 426 g/mol. The van der Waals surface area contributed by atoms with Crippen LogP contribution in [0.25, 0.3) is 11.3 Å². The average Bonchev–Trinajstić information content (AvgIpc) is 3.11. The van der Waals surface area contributed by atoms with E-state index in [0.29, 0.717) is 17.7 Å². The van der Waals surface area contributed by atoms with Crippen LogP contribution in [0.15, 0.2) is 65.7 Å². The van der Waals surface area contributed by atoms with Gasteiger partial charge in [-0.25, -0.2) is 16.8 Å². The van der Waals surface area contributed by atoms with Crippen LogP contribution in [0.2, 0.25) is 0 Å². The van der Waals surface area contributed by atoms with Gasteiger partial charge >= 0.3 is 0 Å². The van der Waals surface area contributed by atoms with Gasteiger partial charge in [0.1, 0.15) is 11.4 Å². The SMILES string of the molecule is CNCc1cc(-c2ccccc2F)n(S(=O)(=O)c2cccc(C#CC(C)(C)O)c2)c1. The van der Waals surface area contributed by atoms with Gasteiger partial charge in [-0.15, -0.1) is 0 Å². The molecule has 7 heteroatoms. The second-order valence-electron chi connectivity index (χ2n) is 7.38. The molecule has 0 radical (unpaired) electrons. The summed E-state index contributed by atoms with van der Waals surface area (Å²) >= 11 is 0. The summed E-state index contributed by atoms with van der Waals surface area (Å²) in [5.74, 6) is 4.95. The Hall–Kier alpha value is -2.92. The number of benzene rings is 2. The number of hydrogen-bond acceptors (Lipinski definition) is 4. The molecular formula is C23H23FN2O3S. The van der Waals surface area contributed by atoms with Crippen LogP contribution in [0, 0.1) is 17.7 Å². The van der Waals surface area contributed by atoms with E-state index in [4.69, 9.17) is 0 Å². The standard InChI is InChI=1S/C23H23FN2O3S/c1-23(2,27)12-11-17-7-6-8-19(13-17)30(28,29)26-16-18(15-25-3)14-22(26)20-9-4-5-10-21(20)24/h4-10,13-14,16,25,27H,15H2,1-3H3. The van der Waals surface area contributed by atoms with Crippen LogP contribution in [-0.2, 0) is 16.6 Å². The molecule has 2 N–H and O–H groups in total. The van der Waals surface area contributed by atoms with E-state index >= 15 is 0 Å². The molecule has 2 aromatic carbocycles. The van der Waals surface area contributed by atoms with E-state index in [2.05, 4.69) is 17.2 Å². The Labute approximate surface area is 176 Å². The van der Waals surface area contributed by atoms with Crippen molar-refractivity contribution in [1.29, 1.82) is 0 Å². The van der Waals surface area contributed by atoms with Crippen molar-refractivity contribution in [1.82, 2.24) is 9.29 Å². The highest BCUT2D eigenvalue weighted by Crippen LogP contribution is 2.29. The maximum atomic E-state index is 14.5. The Balaban J connectivity index is 2.15. The minimum absolute atomic E-state index is 0.0224. The lowest BCUT2D eigenvalue weighted by Gasteiger charge is -2.12. The third-order valence-electron chi connectivity index (χ3n) is 4.28. The van der Waals surface area contributed by atoms with Gasteiger partial charge in [0.25, 0.3) is 10.0 Å². The summed E-state index contributed by atoms with van der Waals surface area (Å²) in [7, 11) is -2.27. The normalized spacial score (nSPS) is 11.8. The first kappa shape index (κ1) is 21.8. The Morgan fingerprint density at radius 1 is 1.13 bits per heavy atom. The van der Waals surface area contributed by atoms with Gasteiger partial charge in [0.05, 0.1) is 10.6 Å². The minimum atomic E-state index is -4.02. The fraction of sp³-hybridized carbons (Fsp3) is 0.217. The first-order chi connectivity index (χ1) is 14.1. The average molecular weight is 427 g/mol. The first-order valence-corrected chi connectivity index (χ1v) is 10.8. The molecule has 5 nitrogen and oxygen atoms in total. The minimum Gasteiger partial charge on any atom is -0.378 e. The summed E-state index contributed by atoms with van der Waals surface area (Å²) in [5, 5.41) is 12.8. The second kappa shape index (κ2) is 8.44. The molecule has 30 heavy (non-hydrogen) atoms.